The molecule has 34 heavy (non-hydrogen) atoms. The van der Waals surface area contributed by atoms with Gasteiger partial charge in [-0.1, -0.05) is 5.16 Å². The van der Waals surface area contributed by atoms with Crippen molar-refractivity contribution in [3.05, 3.63) is 58.7 Å². The van der Waals surface area contributed by atoms with Crippen LogP contribution in [0.2, 0.25) is 0 Å². The zero-order valence-electron chi connectivity index (χ0n) is 20.0. The first-order chi connectivity index (χ1) is 16.2. The molecule has 0 unspecified atom stereocenters. The molecule has 1 fully saturated rings. The number of carbonyl (C=O) groups is 1. The number of hydrogen-bond donors (Lipinski definition) is 0. The fraction of sp³-hybridized carbons (Fsp3) is 0.520. The average molecular weight is 468 g/mol. The Labute approximate surface area is 198 Å². The summed E-state index contributed by atoms with van der Waals surface area (Å²) >= 11 is 0. The number of fused-ring (bicyclic) bond motifs is 3. The number of nitrogens with zero attached hydrogens (tertiary/aromatic N) is 5. The van der Waals surface area contributed by atoms with Crippen LogP contribution in [0.5, 0.6) is 0 Å². The second-order valence-electron chi connectivity index (χ2n) is 10.3. The van der Waals surface area contributed by atoms with E-state index >= 15 is 0 Å². The minimum absolute atomic E-state index is 0.219. The molecule has 1 aliphatic heterocycles. The number of ether oxygens (including phenoxy) is 1. The van der Waals surface area contributed by atoms with Crippen molar-refractivity contribution in [1.29, 1.82) is 0 Å². The molecule has 0 bridgehead atoms. The van der Waals surface area contributed by atoms with Gasteiger partial charge in [0, 0.05) is 17.9 Å². The minimum Gasteiger partial charge on any atom is -0.444 e. The number of carbonyl (C=O) groups excluding carboxylic acids is 1. The zero-order chi connectivity index (χ0) is 24.0. The topological polar surface area (TPSA) is 86.3 Å². The van der Waals surface area contributed by atoms with E-state index in [4.69, 9.17) is 9.26 Å². The normalized spacial score (nSPS) is 20.4. The number of halogens is 1. The summed E-state index contributed by atoms with van der Waals surface area (Å²) in [6.45, 7) is 7.87. The lowest BCUT2D eigenvalue weighted by molar-refractivity contribution is 0.0214. The van der Waals surface area contributed by atoms with Gasteiger partial charge < -0.3 is 9.26 Å². The van der Waals surface area contributed by atoms with Crippen LogP contribution in [0.15, 0.2) is 28.8 Å². The fourth-order valence-corrected chi connectivity index (χ4v) is 4.97. The molecule has 0 radical (unpaired) electrons. The highest BCUT2D eigenvalue weighted by atomic mass is 19.1. The van der Waals surface area contributed by atoms with Gasteiger partial charge >= 0.3 is 6.09 Å². The number of rotatable bonds is 2. The van der Waals surface area contributed by atoms with Crippen molar-refractivity contribution in [1.82, 2.24) is 24.8 Å². The van der Waals surface area contributed by atoms with Crippen molar-refractivity contribution < 1.29 is 18.4 Å². The smallest absolute Gasteiger partial charge is 0.411 e. The Morgan fingerprint density at radius 1 is 1.09 bits per heavy atom. The van der Waals surface area contributed by atoms with E-state index in [0.29, 0.717) is 17.3 Å². The quantitative estimate of drug-likeness (QED) is 0.502. The molecule has 2 aromatic heterocycles. The van der Waals surface area contributed by atoms with Crippen molar-refractivity contribution in [3.8, 4) is 5.69 Å². The van der Waals surface area contributed by atoms with Crippen molar-refractivity contribution >= 4 is 6.09 Å². The molecule has 3 heterocycles. The molecule has 8 nitrogen and oxygen atoms in total. The largest absolute Gasteiger partial charge is 0.444 e. The number of aryl methyl sites for hydroxylation is 1. The third-order valence-corrected chi connectivity index (χ3v) is 6.54. The maximum absolute atomic E-state index is 14.2. The number of aromatic nitrogens is 4. The van der Waals surface area contributed by atoms with E-state index in [1.807, 2.05) is 38.3 Å². The number of benzene rings is 1. The first-order valence-electron chi connectivity index (χ1n) is 11.8. The molecule has 2 aliphatic rings. The number of amides is 1. The summed E-state index contributed by atoms with van der Waals surface area (Å²) in [7, 11) is 0. The van der Waals surface area contributed by atoms with Gasteiger partial charge in [0.25, 0.3) is 0 Å². The third kappa shape index (κ3) is 4.43. The van der Waals surface area contributed by atoms with E-state index in [1.54, 1.807) is 11.0 Å². The van der Waals surface area contributed by atoms with Gasteiger partial charge in [-0.05, 0) is 77.1 Å². The standard InChI is InChI=1S/C25H30FN5O3/c1-15-11-20(29-34-15)16-5-7-17(8-6-16)23-28-27-22-14-30(24(32)33-25(2,3)4)13-18-12-19(26)9-10-21(18)31(22)23/h9-12,16-17H,5-8,13-14H2,1-4H3/t16-,17-. The Kier molecular flexibility index (Phi) is 5.65. The van der Waals surface area contributed by atoms with Crippen LogP contribution >= 0.6 is 0 Å². The van der Waals surface area contributed by atoms with Crippen molar-refractivity contribution in [3.63, 3.8) is 0 Å². The van der Waals surface area contributed by atoms with Crippen LogP contribution in [-0.4, -0.2) is 36.5 Å². The second-order valence-corrected chi connectivity index (χ2v) is 10.3. The van der Waals surface area contributed by atoms with Gasteiger partial charge in [-0.2, -0.15) is 0 Å². The lowest BCUT2D eigenvalue weighted by atomic mass is 9.80. The molecule has 1 aliphatic carbocycles. The monoisotopic (exact) mass is 467 g/mol. The van der Waals surface area contributed by atoms with E-state index in [1.165, 1.54) is 12.1 Å². The molecule has 3 aromatic rings. The Morgan fingerprint density at radius 2 is 1.82 bits per heavy atom. The van der Waals surface area contributed by atoms with Gasteiger partial charge in [-0.25, -0.2) is 9.18 Å². The van der Waals surface area contributed by atoms with Crippen molar-refractivity contribution in [2.75, 3.05) is 0 Å². The summed E-state index contributed by atoms with van der Waals surface area (Å²) in [4.78, 5) is 14.5. The average Bonchev–Trinajstić information content (AvgIpc) is 3.35. The molecular weight excluding hydrogens is 437 g/mol. The number of hydrogen-bond acceptors (Lipinski definition) is 6. The van der Waals surface area contributed by atoms with E-state index in [2.05, 4.69) is 15.4 Å². The van der Waals surface area contributed by atoms with E-state index in [9.17, 15) is 9.18 Å². The van der Waals surface area contributed by atoms with Crippen molar-refractivity contribution in [2.45, 2.75) is 83.9 Å². The zero-order valence-corrected chi connectivity index (χ0v) is 20.0. The molecule has 9 heteroatoms. The van der Waals surface area contributed by atoms with Gasteiger partial charge in [-0.3, -0.25) is 9.47 Å². The highest BCUT2D eigenvalue weighted by Crippen LogP contribution is 2.41. The van der Waals surface area contributed by atoms with E-state index in [0.717, 1.165) is 48.6 Å². The third-order valence-electron chi connectivity index (χ3n) is 6.54. The summed E-state index contributed by atoms with van der Waals surface area (Å²) in [5, 5.41) is 13.2. The predicted molar refractivity (Wildman–Crippen MR) is 122 cm³/mol. The first kappa shape index (κ1) is 22.6. The summed E-state index contributed by atoms with van der Waals surface area (Å²) in [6.07, 6.45) is 3.41. The maximum atomic E-state index is 14.2. The van der Waals surface area contributed by atoms with E-state index in [-0.39, 0.29) is 24.8 Å². The Balaban J connectivity index is 1.44. The molecule has 5 rings (SSSR count). The lowest BCUT2D eigenvalue weighted by Gasteiger charge is -2.27. The summed E-state index contributed by atoms with van der Waals surface area (Å²) in [6, 6.07) is 6.70. The Bertz CT molecular complexity index is 1200. The molecule has 180 valence electrons. The molecule has 1 saturated carbocycles. The van der Waals surface area contributed by atoms with Gasteiger partial charge in [0.05, 0.1) is 24.5 Å². The summed E-state index contributed by atoms with van der Waals surface area (Å²) in [5.74, 6) is 2.60. The van der Waals surface area contributed by atoms with Gasteiger partial charge in [0.1, 0.15) is 23.0 Å². The van der Waals surface area contributed by atoms with Crippen LogP contribution in [0.1, 0.15) is 87.0 Å². The van der Waals surface area contributed by atoms with Gasteiger partial charge in [0.15, 0.2) is 5.82 Å². The Hall–Kier alpha value is -3.23. The first-order valence-corrected chi connectivity index (χ1v) is 11.8. The van der Waals surface area contributed by atoms with Crippen molar-refractivity contribution in [2.24, 2.45) is 0 Å². The van der Waals surface area contributed by atoms with Crippen LogP contribution in [0.3, 0.4) is 0 Å². The summed E-state index contributed by atoms with van der Waals surface area (Å²) in [5.41, 5.74) is 1.91. The van der Waals surface area contributed by atoms with Gasteiger partial charge in [0.2, 0.25) is 0 Å². The molecule has 0 saturated heterocycles. The van der Waals surface area contributed by atoms with Crippen LogP contribution in [0.25, 0.3) is 5.69 Å². The van der Waals surface area contributed by atoms with Crippen LogP contribution in [0.4, 0.5) is 9.18 Å². The second kappa shape index (κ2) is 8.52. The molecule has 0 spiro atoms. The lowest BCUT2D eigenvalue weighted by Crippen LogP contribution is -2.35. The summed E-state index contributed by atoms with van der Waals surface area (Å²) < 4.78 is 27.1. The minimum atomic E-state index is -0.631. The molecule has 0 N–H and O–H groups in total. The maximum Gasteiger partial charge on any atom is 0.411 e. The molecule has 0 atom stereocenters. The van der Waals surface area contributed by atoms with Crippen LogP contribution < -0.4 is 0 Å². The molecule has 1 amide bonds. The molecule has 1 aromatic carbocycles. The fourth-order valence-electron chi connectivity index (χ4n) is 4.97. The predicted octanol–water partition coefficient (Wildman–Crippen LogP) is 5.39. The van der Waals surface area contributed by atoms with Crippen LogP contribution in [0, 0.1) is 12.7 Å². The Morgan fingerprint density at radius 3 is 2.50 bits per heavy atom. The van der Waals surface area contributed by atoms with E-state index < -0.39 is 11.7 Å². The van der Waals surface area contributed by atoms with Crippen LogP contribution in [-0.2, 0) is 17.8 Å². The highest BCUT2D eigenvalue weighted by molar-refractivity contribution is 5.68. The van der Waals surface area contributed by atoms with Gasteiger partial charge in [-0.15, -0.1) is 10.2 Å². The SMILES string of the molecule is Cc1cc([C@H]2CC[C@H](c3nnc4n3-c3ccc(F)cc3CN(C(=O)OC(C)(C)C)C4)CC2)no1. The highest BCUT2D eigenvalue weighted by Gasteiger charge is 2.33. The molecular formula is C25H30FN5O3.